The van der Waals surface area contributed by atoms with E-state index in [9.17, 15) is 40.2 Å². The highest BCUT2D eigenvalue weighted by Crippen LogP contribution is 2.65. The summed E-state index contributed by atoms with van der Waals surface area (Å²) < 4.78 is 7.92. The number of anilines is 1. The number of carbonyl (C=O) groups is 4. The molecule has 1 N–H and O–H groups in total. The van der Waals surface area contributed by atoms with Crippen molar-refractivity contribution in [3.05, 3.63) is 96.6 Å². The molecule has 0 bridgehead atoms. The van der Waals surface area contributed by atoms with E-state index in [1.165, 1.54) is 64.8 Å². The van der Waals surface area contributed by atoms with Gasteiger partial charge < -0.3 is 10.1 Å². The summed E-state index contributed by atoms with van der Waals surface area (Å²) in [6.07, 6.45) is 7.75. The summed E-state index contributed by atoms with van der Waals surface area (Å²) in [5.74, 6) is -1.22. The fraction of sp³-hybridized carbons (Fsp3) is 0.175. The van der Waals surface area contributed by atoms with Crippen LogP contribution < -0.4 is 10.1 Å². The van der Waals surface area contributed by atoms with Gasteiger partial charge in [0.2, 0.25) is 0 Å². The molecule has 2 aromatic carbocycles. The molecule has 262 valence electrons. The van der Waals surface area contributed by atoms with Gasteiger partial charge in [0.1, 0.15) is 49.4 Å². The van der Waals surface area contributed by atoms with Crippen LogP contribution in [0.4, 0.5) is 5.00 Å². The number of thioether (sulfide) groups is 1. The molecule has 11 nitrogen and oxygen atoms in total. The molecule has 1 fully saturated rings. The van der Waals surface area contributed by atoms with Gasteiger partial charge in [-0.15, -0.1) is 34.0 Å². The van der Waals surface area contributed by atoms with Crippen molar-refractivity contribution in [1.82, 2.24) is 4.98 Å². The molecule has 1 spiro atoms. The number of hydrogen-bond donors (Lipinski definition) is 1. The third kappa shape index (κ3) is 4.65. The average molecular weight is 791 g/mol. The molecule has 1 atom stereocenters. The molecule has 2 aliphatic heterocycles. The molecule has 0 amide bonds. The summed E-state index contributed by atoms with van der Waals surface area (Å²) in [5.41, 5.74) is 1.08. The number of thiophene rings is 2. The number of carbonyl (C=O) groups excluding carboxylic acids is 4. The quantitative estimate of drug-likeness (QED) is 0.132. The normalized spacial score (nSPS) is 18.4. The number of allylic oxidation sites excluding steroid dienone is 2. The molecule has 5 heterocycles. The van der Waals surface area contributed by atoms with Gasteiger partial charge in [-0.1, -0.05) is 18.2 Å². The van der Waals surface area contributed by atoms with Gasteiger partial charge in [-0.3, -0.25) is 19.2 Å². The zero-order valence-corrected chi connectivity index (χ0v) is 31.3. The number of hydrogen-bond acceptors (Lipinski definition) is 15. The first-order valence-corrected chi connectivity index (χ1v) is 20.3. The number of rotatable bonds is 2. The first kappa shape index (κ1) is 33.4. The molecule has 3 aliphatic carbocycles. The van der Waals surface area contributed by atoms with E-state index in [-0.39, 0.29) is 55.7 Å². The minimum Gasteiger partial charge on any atom is -0.479 e. The number of nitrogens with one attached hydrogen (secondary N) is 1. The van der Waals surface area contributed by atoms with Crippen LogP contribution >= 0.6 is 45.8 Å². The zero-order chi connectivity index (χ0) is 37.9. The smallest absolute Gasteiger partial charge is 0.197 e. The van der Waals surface area contributed by atoms with E-state index in [1.54, 1.807) is 17.4 Å². The first-order valence-electron chi connectivity index (χ1n) is 17.0. The average Bonchev–Trinajstić information content (AvgIpc) is 4.02. The highest BCUT2D eigenvalue weighted by atomic mass is 32.2. The lowest BCUT2D eigenvalue weighted by molar-refractivity contribution is 0.0243. The van der Waals surface area contributed by atoms with E-state index in [0.29, 0.717) is 9.84 Å². The Hall–Kier alpha value is -6.20. The third-order valence-electron chi connectivity index (χ3n) is 10.6. The maximum Gasteiger partial charge on any atom is 0.197 e. The number of Topliss-reactive ketones (excluding diaryl/α,β-unsaturated/α-hetero) is 4. The number of ether oxygens (including phenoxy) is 1. The van der Waals surface area contributed by atoms with Crippen LogP contribution in [0.5, 0.6) is 5.75 Å². The largest absolute Gasteiger partial charge is 0.479 e. The highest BCUT2D eigenvalue weighted by Gasteiger charge is 2.49. The monoisotopic (exact) mass is 790 g/mol. The molecule has 5 aliphatic rings. The van der Waals surface area contributed by atoms with E-state index in [0.717, 1.165) is 67.8 Å². The van der Waals surface area contributed by atoms with E-state index >= 15 is 0 Å². The van der Waals surface area contributed by atoms with Crippen molar-refractivity contribution in [1.29, 1.82) is 21.0 Å². The summed E-state index contributed by atoms with van der Waals surface area (Å²) in [5, 5.41) is 42.3. The standard InChI is InChI=1S/C40H18N6O5S4/c41-12-16-6-20-21(7-17(16)13-42)30(48)24(29(20)47)10-26-45-38-35(52-26)28-34(54-38)36-33(51-40(28)4-2-1-3-5-40)37-39(55-36)46-27(53-37)11-25-31(49)22-8-18(14-43)19(15-44)9-23(22)32(25)50/h6-11,26,45H,1-5H2. The second-order valence-electron chi connectivity index (χ2n) is 13.5. The Labute approximate surface area is 327 Å². The van der Waals surface area contributed by atoms with Crippen LogP contribution in [0.3, 0.4) is 0 Å². The minimum atomic E-state index is -0.607. The van der Waals surface area contributed by atoms with Gasteiger partial charge in [-0.2, -0.15) is 21.0 Å². The Morgan fingerprint density at radius 1 is 0.727 bits per heavy atom. The topological polar surface area (TPSA) is 198 Å². The number of thiazole rings is 1. The number of fused-ring (bicyclic) bond motifs is 10. The Morgan fingerprint density at radius 3 is 1.82 bits per heavy atom. The van der Waals surface area contributed by atoms with Crippen molar-refractivity contribution in [2.24, 2.45) is 0 Å². The Bertz CT molecular complexity index is 2870. The van der Waals surface area contributed by atoms with E-state index in [2.05, 4.69) is 5.32 Å². The number of benzene rings is 2. The second-order valence-corrected chi connectivity index (χ2v) is 17.7. The lowest BCUT2D eigenvalue weighted by Gasteiger charge is -2.41. The van der Waals surface area contributed by atoms with Crippen molar-refractivity contribution in [3.8, 4) is 39.8 Å². The molecular weight excluding hydrogens is 773 g/mol. The Kier molecular flexibility index (Phi) is 7.22. The maximum atomic E-state index is 13.4. The van der Waals surface area contributed by atoms with Crippen LogP contribution in [0.1, 0.15) is 106 Å². The SMILES string of the molecule is N#Cc1cc2c(cc1C#N)C(=O)C(=Cc1nc3sc4c(c3s1)OC1(CCCCC1)c1c-4sc3c1SC(C=C1C(=O)c4cc(C#N)c(C#N)cc4C1=O)N3)C2=O. The van der Waals surface area contributed by atoms with Gasteiger partial charge in [0.05, 0.1) is 53.4 Å². The Balaban J connectivity index is 0.997. The summed E-state index contributed by atoms with van der Waals surface area (Å²) in [6, 6.07) is 12.9. The van der Waals surface area contributed by atoms with Gasteiger partial charge in [-0.05, 0) is 62.1 Å². The van der Waals surface area contributed by atoms with Gasteiger partial charge in [0, 0.05) is 27.8 Å². The molecular formula is C40H18N6O5S4. The van der Waals surface area contributed by atoms with Crippen molar-refractivity contribution < 1.29 is 23.9 Å². The fourth-order valence-electron chi connectivity index (χ4n) is 8.03. The van der Waals surface area contributed by atoms with Crippen LogP contribution in [0, 0.1) is 45.3 Å². The number of aromatic nitrogens is 1. The number of nitriles is 4. The predicted octanol–water partition coefficient (Wildman–Crippen LogP) is 8.44. The summed E-state index contributed by atoms with van der Waals surface area (Å²) in [4.78, 5) is 62.1. The summed E-state index contributed by atoms with van der Waals surface area (Å²) in [6.45, 7) is 0. The molecule has 1 unspecified atom stereocenters. The molecule has 55 heavy (non-hydrogen) atoms. The Morgan fingerprint density at radius 2 is 1.27 bits per heavy atom. The number of nitrogens with zero attached hydrogens (tertiary/aromatic N) is 5. The lowest BCUT2D eigenvalue weighted by Crippen LogP contribution is -2.37. The molecule has 3 aromatic heterocycles. The molecule has 1 saturated carbocycles. The van der Waals surface area contributed by atoms with Crippen molar-refractivity contribution in [2.45, 2.75) is 48.0 Å². The third-order valence-corrected chi connectivity index (χ3v) is 15.3. The fourth-order valence-corrected chi connectivity index (χ4v) is 13.3. The highest BCUT2D eigenvalue weighted by molar-refractivity contribution is 8.01. The molecule has 10 rings (SSSR count). The van der Waals surface area contributed by atoms with Crippen LogP contribution in [-0.2, 0) is 5.60 Å². The number of ketones is 4. The minimum absolute atomic E-state index is 0.00739. The van der Waals surface area contributed by atoms with E-state index < -0.39 is 34.1 Å². The zero-order valence-electron chi connectivity index (χ0n) is 28.0. The van der Waals surface area contributed by atoms with E-state index in [4.69, 9.17) is 9.72 Å². The lowest BCUT2D eigenvalue weighted by atomic mass is 9.78. The van der Waals surface area contributed by atoms with Gasteiger partial charge in [-0.25, -0.2) is 4.98 Å². The van der Waals surface area contributed by atoms with Gasteiger partial charge in [0.15, 0.2) is 28.9 Å². The van der Waals surface area contributed by atoms with Crippen molar-refractivity contribution in [2.75, 3.05) is 5.32 Å². The molecule has 0 saturated heterocycles. The molecule has 15 heteroatoms. The second kappa shape index (κ2) is 11.9. The van der Waals surface area contributed by atoms with Crippen molar-refractivity contribution >= 4 is 89.5 Å². The van der Waals surface area contributed by atoms with Crippen LogP contribution in [-0.4, -0.2) is 33.5 Å². The summed E-state index contributed by atoms with van der Waals surface area (Å²) >= 11 is 5.95. The predicted molar refractivity (Wildman–Crippen MR) is 205 cm³/mol. The van der Waals surface area contributed by atoms with Crippen molar-refractivity contribution in [3.63, 3.8) is 0 Å². The van der Waals surface area contributed by atoms with Crippen LogP contribution in [0.25, 0.3) is 25.4 Å². The van der Waals surface area contributed by atoms with E-state index in [1.807, 2.05) is 24.3 Å². The van der Waals surface area contributed by atoms with Gasteiger partial charge >= 0.3 is 0 Å². The van der Waals surface area contributed by atoms with Crippen LogP contribution in [0.15, 0.2) is 46.4 Å². The van der Waals surface area contributed by atoms with Crippen LogP contribution in [0.2, 0.25) is 0 Å². The summed E-state index contributed by atoms with van der Waals surface area (Å²) in [7, 11) is 0. The molecule has 5 aromatic rings. The molecule has 0 radical (unpaired) electrons. The maximum absolute atomic E-state index is 13.4. The van der Waals surface area contributed by atoms with Gasteiger partial charge in [0.25, 0.3) is 0 Å². The first-order chi connectivity index (χ1) is 26.7.